The Kier molecular flexibility index (Phi) is 5.72. The second-order valence-electron chi connectivity index (χ2n) is 4.10. The van der Waals surface area contributed by atoms with Crippen molar-refractivity contribution in [2.24, 2.45) is 0 Å². The van der Waals surface area contributed by atoms with Gasteiger partial charge < -0.3 is 10.6 Å². The second-order valence-corrected chi connectivity index (χ2v) is 4.10. The maximum absolute atomic E-state index is 12.6. The van der Waals surface area contributed by atoms with Gasteiger partial charge in [-0.15, -0.1) is 0 Å². The molecule has 1 aromatic rings. The number of halogens is 4. The molecular formula is C12H15F4N3O. The van der Waals surface area contributed by atoms with Gasteiger partial charge in [-0.05, 0) is 18.6 Å². The third-order valence-corrected chi connectivity index (χ3v) is 2.39. The number of nitrogens with one attached hydrogen (secondary N) is 2. The van der Waals surface area contributed by atoms with E-state index in [-0.39, 0.29) is 5.56 Å². The van der Waals surface area contributed by atoms with Crippen molar-refractivity contribution in [1.29, 1.82) is 0 Å². The Morgan fingerprint density at radius 2 is 2.10 bits per heavy atom. The van der Waals surface area contributed by atoms with Crippen LogP contribution in [0.15, 0.2) is 18.3 Å². The molecule has 0 radical (unpaired) electrons. The van der Waals surface area contributed by atoms with Crippen LogP contribution < -0.4 is 10.6 Å². The molecule has 0 aliphatic heterocycles. The highest BCUT2D eigenvalue weighted by atomic mass is 19.3. The highest BCUT2D eigenvalue weighted by molar-refractivity contribution is 5.94. The molecule has 0 fully saturated rings. The molecule has 0 unspecified atom stereocenters. The van der Waals surface area contributed by atoms with E-state index in [9.17, 15) is 22.4 Å². The predicted molar refractivity (Wildman–Crippen MR) is 66.3 cm³/mol. The fraction of sp³-hybridized carbons (Fsp3) is 0.500. The monoisotopic (exact) mass is 293 g/mol. The van der Waals surface area contributed by atoms with E-state index in [2.05, 4.69) is 10.3 Å². The van der Waals surface area contributed by atoms with E-state index < -0.39 is 24.8 Å². The van der Waals surface area contributed by atoms with Crippen LogP contribution in [0.5, 0.6) is 0 Å². The summed E-state index contributed by atoms with van der Waals surface area (Å²) in [5.41, 5.74) is 0.0251. The standard InChI is InChI=1S/C12H15F4N3O/c1-2-5-17-9-4-3-8(6-18-9)10(20)19-7-12(15,16)11(13)14/h3-4,6,11H,2,5,7H2,1H3,(H,17,18)(H,19,20). The van der Waals surface area contributed by atoms with E-state index in [1.807, 2.05) is 6.92 Å². The lowest BCUT2D eigenvalue weighted by Crippen LogP contribution is -2.41. The summed E-state index contributed by atoms with van der Waals surface area (Å²) in [5, 5.41) is 4.72. The number of pyridine rings is 1. The molecule has 1 aromatic heterocycles. The molecule has 0 saturated heterocycles. The van der Waals surface area contributed by atoms with Crippen LogP contribution in [0, 0.1) is 0 Å². The van der Waals surface area contributed by atoms with Crippen LogP contribution in [0.1, 0.15) is 23.7 Å². The lowest BCUT2D eigenvalue weighted by atomic mass is 10.2. The first-order chi connectivity index (χ1) is 9.36. The summed E-state index contributed by atoms with van der Waals surface area (Å²) in [4.78, 5) is 15.4. The molecule has 0 aliphatic carbocycles. The van der Waals surface area contributed by atoms with Crippen LogP contribution in [-0.2, 0) is 0 Å². The Bertz CT molecular complexity index is 437. The first-order valence-corrected chi connectivity index (χ1v) is 6.01. The van der Waals surface area contributed by atoms with Crippen molar-refractivity contribution in [2.75, 3.05) is 18.4 Å². The zero-order valence-corrected chi connectivity index (χ0v) is 10.8. The van der Waals surface area contributed by atoms with Gasteiger partial charge in [-0.2, -0.15) is 8.78 Å². The van der Waals surface area contributed by atoms with Crippen molar-refractivity contribution in [2.45, 2.75) is 25.7 Å². The maximum Gasteiger partial charge on any atom is 0.324 e. The average molecular weight is 293 g/mol. The molecule has 1 amide bonds. The van der Waals surface area contributed by atoms with Crippen LogP contribution in [-0.4, -0.2) is 36.3 Å². The molecule has 0 aliphatic rings. The van der Waals surface area contributed by atoms with E-state index in [1.54, 1.807) is 5.32 Å². The average Bonchev–Trinajstić information content (AvgIpc) is 2.43. The van der Waals surface area contributed by atoms with Gasteiger partial charge in [0.2, 0.25) is 0 Å². The van der Waals surface area contributed by atoms with E-state index in [1.165, 1.54) is 18.3 Å². The van der Waals surface area contributed by atoms with Gasteiger partial charge in [-0.3, -0.25) is 4.79 Å². The number of carbonyl (C=O) groups excluding carboxylic acids is 1. The van der Waals surface area contributed by atoms with E-state index in [0.29, 0.717) is 12.4 Å². The summed E-state index contributed by atoms with van der Waals surface area (Å²) in [6.45, 7) is 1.26. The number of anilines is 1. The summed E-state index contributed by atoms with van der Waals surface area (Å²) >= 11 is 0. The molecule has 1 rings (SSSR count). The largest absolute Gasteiger partial charge is 0.370 e. The number of hydrogen-bond acceptors (Lipinski definition) is 3. The molecule has 20 heavy (non-hydrogen) atoms. The van der Waals surface area contributed by atoms with Crippen LogP contribution in [0.2, 0.25) is 0 Å². The highest BCUT2D eigenvalue weighted by Gasteiger charge is 2.40. The molecule has 0 aromatic carbocycles. The second kappa shape index (κ2) is 7.06. The van der Waals surface area contributed by atoms with E-state index >= 15 is 0 Å². The number of nitrogens with zero attached hydrogens (tertiary/aromatic N) is 1. The molecule has 0 spiro atoms. The number of alkyl halides is 4. The minimum Gasteiger partial charge on any atom is -0.370 e. The first kappa shape index (κ1) is 16.2. The number of carbonyl (C=O) groups is 1. The third-order valence-electron chi connectivity index (χ3n) is 2.39. The Morgan fingerprint density at radius 1 is 1.40 bits per heavy atom. The molecule has 0 atom stereocenters. The Hall–Kier alpha value is -1.86. The first-order valence-electron chi connectivity index (χ1n) is 6.01. The van der Waals surface area contributed by atoms with Crippen LogP contribution >= 0.6 is 0 Å². The predicted octanol–water partition coefficient (Wildman–Crippen LogP) is 2.53. The molecule has 4 nitrogen and oxygen atoms in total. The zero-order chi connectivity index (χ0) is 15.2. The Labute approximate surface area is 113 Å². The minimum atomic E-state index is -4.24. The normalized spacial score (nSPS) is 11.5. The molecule has 0 bridgehead atoms. The van der Waals surface area contributed by atoms with Crippen molar-refractivity contribution in [3.8, 4) is 0 Å². The smallest absolute Gasteiger partial charge is 0.324 e. The molecule has 2 N–H and O–H groups in total. The third kappa shape index (κ3) is 4.67. The van der Waals surface area contributed by atoms with Gasteiger partial charge in [-0.1, -0.05) is 6.92 Å². The summed E-state index contributed by atoms with van der Waals surface area (Å²) in [6, 6.07) is 2.89. The van der Waals surface area contributed by atoms with Gasteiger partial charge in [0.15, 0.2) is 0 Å². The lowest BCUT2D eigenvalue weighted by Gasteiger charge is -2.15. The molecule has 0 saturated carbocycles. The quantitative estimate of drug-likeness (QED) is 0.760. The number of aromatic nitrogens is 1. The summed E-state index contributed by atoms with van der Waals surface area (Å²) in [6.07, 6.45) is -1.73. The van der Waals surface area contributed by atoms with Crippen molar-refractivity contribution in [3.05, 3.63) is 23.9 Å². The van der Waals surface area contributed by atoms with Gasteiger partial charge in [-0.25, -0.2) is 13.8 Å². The van der Waals surface area contributed by atoms with Crippen molar-refractivity contribution in [1.82, 2.24) is 10.3 Å². The van der Waals surface area contributed by atoms with Crippen LogP contribution in [0.4, 0.5) is 23.4 Å². The fourth-order valence-corrected chi connectivity index (χ4v) is 1.26. The number of hydrogen-bond donors (Lipinski definition) is 2. The number of amides is 1. The minimum absolute atomic E-state index is 0.0251. The van der Waals surface area contributed by atoms with E-state index in [0.717, 1.165) is 6.42 Å². The highest BCUT2D eigenvalue weighted by Crippen LogP contribution is 2.21. The SMILES string of the molecule is CCCNc1ccc(C(=O)NCC(F)(F)C(F)F)cn1. The van der Waals surface area contributed by atoms with Gasteiger partial charge in [0, 0.05) is 12.7 Å². The van der Waals surface area contributed by atoms with Crippen molar-refractivity contribution in [3.63, 3.8) is 0 Å². The summed E-state index contributed by atoms with van der Waals surface area (Å²) in [5.74, 6) is -4.58. The fourth-order valence-electron chi connectivity index (χ4n) is 1.26. The van der Waals surface area contributed by atoms with Gasteiger partial charge in [0.1, 0.15) is 5.82 Å². The summed E-state index contributed by atoms with van der Waals surface area (Å²) in [7, 11) is 0. The Balaban J connectivity index is 2.56. The van der Waals surface area contributed by atoms with Crippen LogP contribution in [0.3, 0.4) is 0 Å². The topological polar surface area (TPSA) is 54.0 Å². The maximum atomic E-state index is 12.6. The molecule has 112 valence electrons. The molecule has 1 heterocycles. The van der Waals surface area contributed by atoms with Gasteiger partial charge in [0.25, 0.3) is 5.91 Å². The molecule has 8 heteroatoms. The molecular weight excluding hydrogens is 278 g/mol. The van der Waals surface area contributed by atoms with E-state index in [4.69, 9.17) is 0 Å². The van der Waals surface area contributed by atoms with Crippen molar-refractivity contribution < 1.29 is 22.4 Å². The zero-order valence-electron chi connectivity index (χ0n) is 10.8. The van der Waals surface area contributed by atoms with Gasteiger partial charge in [0.05, 0.1) is 12.1 Å². The van der Waals surface area contributed by atoms with Crippen LogP contribution in [0.25, 0.3) is 0 Å². The summed E-state index contributed by atoms with van der Waals surface area (Å²) < 4.78 is 49.1. The Morgan fingerprint density at radius 3 is 2.60 bits per heavy atom. The van der Waals surface area contributed by atoms with Crippen molar-refractivity contribution >= 4 is 11.7 Å². The lowest BCUT2D eigenvalue weighted by molar-refractivity contribution is -0.123. The number of rotatable bonds is 7. The van der Waals surface area contributed by atoms with Gasteiger partial charge >= 0.3 is 12.3 Å².